The standard InChI is InChI=1S/C18H18F3N3O4S/c1-10(25)23-13-6-4-3-5-12(13)11-7-8-17(27,28-2)16(9-11,18(19,20)21)14(29)24-15(22)26/h3-9,27H,1-2H3,(H,23,25)(H3,22,24,26,29). The van der Waals surface area contributed by atoms with Gasteiger partial charge in [-0.05, 0) is 23.8 Å². The number of ether oxygens (including phenoxy) is 1. The second kappa shape index (κ2) is 7.93. The van der Waals surface area contributed by atoms with Crippen LogP contribution in [0.1, 0.15) is 12.5 Å². The average molecular weight is 429 g/mol. The van der Waals surface area contributed by atoms with Crippen molar-refractivity contribution in [2.24, 2.45) is 11.1 Å². The fourth-order valence-corrected chi connectivity index (χ4v) is 3.42. The SMILES string of the molecule is COC1(O)C=CC(c2ccccc2NC(C)=O)=CC1(C(=S)NC(N)=O)C(F)(F)F. The fourth-order valence-electron chi connectivity index (χ4n) is 3.00. The molecule has 0 heterocycles. The summed E-state index contributed by atoms with van der Waals surface area (Å²) < 4.78 is 47.7. The molecule has 1 aliphatic carbocycles. The summed E-state index contributed by atoms with van der Waals surface area (Å²) in [7, 11) is 0.863. The van der Waals surface area contributed by atoms with Crippen molar-refractivity contribution in [2.45, 2.75) is 18.9 Å². The summed E-state index contributed by atoms with van der Waals surface area (Å²) in [5, 5.41) is 14.9. The Hall–Kier alpha value is -2.76. The van der Waals surface area contributed by atoms with E-state index in [4.69, 9.17) is 22.7 Å². The van der Waals surface area contributed by atoms with Gasteiger partial charge < -0.3 is 26.2 Å². The van der Waals surface area contributed by atoms with E-state index in [0.29, 0.717) is 6.08 Å². The second-order valence-electron chi connectivity index (χ2n) is 6.18. The van der Waals surface area contributed by atoms with Crippen LogP contribution in [0.25, 0.3) is 5.57 Å². The van der Waals surface area contributed by atoms with Crippen LogP contribution in [0, 0.1) is 5.41 Å². The van der Waals surface area contributed by atoms with Crippen molar-refractivity contribution in [3.63, 3.8) is 0 Å². The molecule has 0 bridgehead atoms. The van der Waals surface area contributed by atoms with Crippen LogP contribution in [-0.4, -0.2) is 41.1 Å². The van der Waals surface area contributed by atoms with Gasteiger partial charge in [0.15, 0.2) is 5.41 Å². The number of carbonyl (C=O) groups excluding carboxylic acids is 2. The highest BCUT2D eigenvalue weighted by Crippen LogP contribution is 2.53. The van der Waals surface area contributed by atoms with Crippen LogP contribution in [-0.2, 0) is 9.53 Å². The number of hydrogen-bond donors (Lipinski definition) is 4. The monoisotopic (exact) mass is 429 g/mol. The highest BCUT2D eigenvalue weighted by Gasteiger charge is 2.69. The molecular formula is C18H18F3N3O4S. The van der Waals surface area contributed by atoms with Crippen LogP contribution in [0.15, 0.2) is 42.5 Å². The first-order valence-corrected chi connectivity index (χ1v) is 8.53. The molecule has 11 heteroatoms. The van der Waals surface area contributed by atoms with Gasteiger partial charge in [0.05, 0.1) is 0 Å². The minimum Gasteiger partial charge on any atom is -0.361 e. The van der Waals surface area contributed by atoms with Gasteiger partial charge in [-0.3, -0.25) is 4.79 Å². The van der Waals surface area contributed by atoms with Gasteiger partial charge in [-0.25, -0.2) is 4.79 Å². The summed E-state index contributed by atoms with van der Waals surface area (Å²) in [6.45, 7) is 1.25. The van der Waals surface area contributed by atoms with Gasteiger partial charge in [0, 0.05) is 25.3 Å². The number of anilines is 1. The Morgan fingerprint density at radius 3 is 2.41 bits per heavy atom. The lowest BCUT2D eigenvalue weighted by Gasteiger charge is -2.45. The third-order valence-electron chi connectivity index (χ3n) is 4.33. The quantitative estimate of drug-likeness (QED) is 0.434. The number of aliphatic hydroxyl groups is 1. The van der Waals surface area contributed by atoms with E-state index < -0.39 is 34.3 Å². The summed E-state index contributed by atoms with van der Waals surface area (Å²) >= 11 is 4.81. The number of nitrogens with one attached hydrogen (secondary N) is 2. The van der Waals surface area contributed by atoms with Crippen LogP contribution in [0.2, 0.25) is 0 Å². The lowest BCUT2D eigenvalue weighted by atomic mass is 9.72. The molecule has 0 spiro atoms. The minimum atomic E-state index is -5.20. The normalized spacial score (nSPS) is 23.9. The maximum Gasteiger partial charge on any atom is 0.409 e. The van der Waals surface area contributed by atoms with E-state index in [-0.39, 0.29) is 16.8 Å². The maximum atomic E-state index is 14.3. The maximum absolute atomic E-state index is 14.3. The van der Waals surface area contributed by atoms with E-state index in [1.54, 1.807) is 17.4 Å². The summed E-state index contributed by atoms with van der Waals surface area (Å²) in [6.07, 6.45) is -2.60. The van der Waals surface area contributed by atoms with E-state index >= 15 is 0 Å². The number of allylic oxidation sites excluding steroid dienone is 2. The molecule has 0 saturated carbocycles. The first-order valence-electron chi connectivity index (χ1n) is 8.12. The fraction of sp³-hybridized carbons (Fsp3) is 0.278. The van der Waals surface area contributed by atoms with E-state index in [1.165, 1.54) is 25.1 Å². The third kappa shape index (κ3) is 4.02. The number of thiocarbonyl (C=S) groups is 1. The lowest BCUT2D eigenvalue weighted by molar-refractivity contribution is -0.291. The number of methoxy groups -OCH3 is 1. The molecule has 2 unspecified atom stereocenters. The molecule has 1 aromatic carbocycles. The summed E-state index contributed by atoms with van der Waals surface area (Å²) in [5.74, 6) is -3.39. The molecular weight excluding hydrogens is 411 g/mol. The lowest BCUT2D eigenvalue weighted by Crippen LogP contribution is -2.64. The first-order chi connectivity index (χ1) is 13.4. The molecule has 0 aromatic heterocycles. The summed E-state index contributed by atoms with van der Waals surface area (Å²) in [5.41, 5.74) is 2.05. The number of carbonyl (C=O) groups is 2. The van der Waals surface area contributed by atoms with Crippen molar-refractivity contribution in [3.8, 4) is 0 Å². The van der Waals surface area contributed by atoms with Gasteiger partial charge in [-0.15, -0.1) is 0 Å². The molecule has 156 valence electrons. The molecule has 3 amide bonds. The van der Waals surface area contributed by atoms with E-state index in [2.05, 4.69) is 5.32 Å². The van der Waals surface area contributed by atoms with Gasteiger partial charge >= 0.3 is 12.2 Å². The molecule has 1 aliphatic rings. The number of nitrogens with two attached hydrogens (primary N) is 1. The number of benzene rings is 1. The molecule has 29 heavy (non-hydrogen) atoms. The highest BCUT2D eigenvalue weighted by atomic mass is 32.1. The van der Waals surface area contributed by atoms with Gasteiger partial charge in [-0.1, -0.05) is 36.5 Å². The van der Waals surface area contributed by atoms with Gasteiger partial charge in [-0.2, -0.15) is 13.2 Å². The smallest absolute Gasteiger partial charge is 0.361 e. The predicted molar refractivity (Wildman–Crippen MR) is 104 cm³/mol. The van der Waals surface area contributed by atoms with Crippen molar-refractivity contribution < 1.29 is 32.6 Å². The molecule has 5 N–H and O–H groups in total. The third-order valence-corrected chi connectivity index (χ3v) is 4.75. The van der Waals surface area contributed by atoms with E-state index in [9.17, 15) is 27.9 Å². The molecule has 0 radical (unpaired) electrons. The van der Waals surface area contributed by atoms with Crippen molar-refractivity contribution in [1.29, 1.82) is 0 Å². The van der Waals surface area contributed by atoms with Crippen LogP contribution >= 0.6 is 12.2 Å². The zero-order valence-electron chi connectivity index (χ0n) is 15.3. The van der Waals surface area contributed by atoms with E-state index in [1.807, 2.05) is 0 Å². The van der Waals surface area contributed by atoms with Gasteiger partial charge in [0.1, 0.15) is 4.99 Å². The van der Waals surface area contributed by atoms with Gasteiger partial charge in [0.25, 0.3) is 0 Å². The topological polar surface area (TPSA) is 114 Å². The Balaban J connectivity index is 2.78. The number of alkyl halides is 3. The van der Waals surface area contributed by atoms with Crippen molar-refractivity contribution in [2.75, 3.05) is 12.4 Å². The summed E-state index contributed by atoms with van der Waals surface area (Å²) in [4.78, 5) is 21.5. The Morgan fingerprint density at radius 1 is 1.28 bits per heavy atom. The van der Waals surface area contributed by atoms with Crippen LogP contribution in [0.4, 0.5) is 23.7 Å². The molecule has 7 nitrogen and oxygen atoms in total. The predicted octanol–water partition coefficient (Wildman–Crippen LogP) is 2.48. The molecule has 2 atom stereocenters. The largest absolute Gasteiger partial charge is 0.409 e. The Kier molecular flexibility index (Phi) is 6.16. The van der Waals surface area contributed by atoms with Crippen molar-refractivity contribution in [3.05, 3.63) is 48.1 Å². The zero-order valence-corrected chi connectivity index (χ0v) is 16.1. The number of halogens is 3. The Labute approximate surface area is 169 Å². The molecule has 0 aliphatic heterocycles. The number of urea groups is 1. The molecule has 0 fully saturated rings. The number of hydrogen-bond acceptors (Lipinski definition) is 5. The Bertz CT molecular complexity index is 916. The number of rotatable bonds is 4. The first kappa shape index (κ1) is 22.5. The second-order valence-corrected chi connectivity index (χ2v) is 6.59. The number of para-hydroxylation sites is 1. The number of amides is 3. The molecule has 0 saturated heterocycles. The minimum absolute atomic E-state index is 0.0259. The average Bonchev–Trinajstić information content (AvgIpc) is 2.60. The van der Waals surface area contributed by atoms with Crippen LogP contribution in [0.5, 0.6) is 0 Å². The summed E-state index contributed by atoms with van der Waals surface area (Å²) in [6, 6.07) is 4.79. The van der Waals surface area contributed by atoms with Crippen LogP contribution < -0.4 is 16.4 Å². The Morgan fingerprint density at radius 2 is 1.90 bits per heavy atom. The zero-order chi connectivity index (χ0) is 22.0. The van der Waals surface area contributed by atoms with Gasteiger partial charge in [0.2, 0.25) is 11.7 Å². The number of primary amides is 1. The highest BCUT2D eigenvalue weighted by molar-refractivity contribution is 7.80. The van der Waals surface area contributed by atoms with E-state index in [0.717, 1.165) is 13.2 Å². The molecule has 1 aromatic rings. The molecule has 2 rings (SSSR count). The van der Waals surface area contributed by atoms with Crippen molar-refractivity contribution in [1.82, 2.24) is 5.32 Å². The van der Waals surface area contributed by atoms with Crippen molar-refractivity contribution >= 4 is 40.4 Å². The van der Waals surface area contributed by atoms with Crippen LogP contribution in [0.3, 0.4) is 0 Å².